The van der Waals surface area contributed by atoms with E-state index in [1.54, 1.807) is 0 Å². The molecule has 174 valence electrons. The smallest absolute Gasteiger partial charge is 0.251 e. The van der Waals surface area contributed by atoms with Crippen molar-refractivity contribution in [2.75, 3.05) is 5.75 Å². The standard InChI is InChI=1S/C25H31N5O2S/c1-16(2)22(27-24(32)20-13-11-17(3)12-14-20)23-28-29-25(30(23)5)33-15-21(31)26-18(4)19-9-7-6-8-10-19/h6-14,16,18,22H,15H2,1-5H3,(H,26,31)(H,27,32)/t18-,22-/m0/s1. The zero-order valence-corrected chi connectivity index (χ0v) is 20.5. The van der Waals surface area contributed by atoms with Gasteiger partial charge in [0.2, 0.25) is 5.91 Å². The summed E-state index contributed by atoms with van der Waals surface area (Å²) in [6.07, 6.45) is 0. The minimum Gasteiger partial charge on any atom is -0.349 e. The molecule has 0 radical (unpaired) electrons. The van der Waals surface area contributed by atoms with E-state index < -0.39 is 0 Å². The van der Waals surface area contributed by atoms with Crippen molar-refractivity contribution in [3.63, 3.8) is 0 Å². The van der Waals surface area contributed by atoms with E-state index in [0.29, 0.717) is 16.5 Å². The molecule has 1 heterocycles. The lowest BCUT2D eigenvalue weighted by Crippen LogP contribution is -2.33. The number of hydrogen-bond acceptors (Lipinski definition) is 5. The number of hydrogen-bond donors (Lipinski definition) is 2. The largest absolute Gasteiger partial charge is 0.349 e. The zero-order chi connectivity index (χ0) is 24.0. The van der Waals surface area contributed by atoms with Crippen molar-refractivity contribution >= 4 is 23.6 Å². The normalized spacial score (nSPS) is 12.9. The van der Waals surface area contributed by atoms with Gasteiger partial charge in [0, 0.05) is 12.6 Å². The Kier molecular flexibility index (Phi) is 8.27. The predicted molar refractivity (Wildman–Crippen MR) is 131 cm³/mol. The van der Waals surface area contributed by atoms with Crippen molar-refractivity contribution in [2.24, 2.45) is 13.0 Å². The SMILES string of the molecule is Cc1ccc(C(=O)N[C@H](c2nnc(SCC(=O)N[C@@H](C)c3ccccc3)n2C)C(C)C)cc1. The number of aryl methyl sites for hydroxylation is 1. The van der Waals surface area contributed by atoms with E-state index in [0.717, 1.165) is 11.1 Å². The third kappa shape index (κ3) is 6.44. The third-order valence-electron chi connectivity index (χ3n) is 5.42. The lowest BCUT2D eigenvalue weighted by Gasteiger charge is -2.21. The van der Waals surface area contributed by atoms with Gasteiger partial charge >= 0.3 is 0 Å². The molecule has 8 heteroatoms. The molecule has 2 N–H and O–H groups in total. The molecule has 0 aliphatic rings. The number of rotatable bonds is 9. The summed E-state index contributed by atoms with van der Waals surface area (Å²) >= 11 is 1.32. The molecule has 1 aromatic heterocycles. The minimum atomic E-state index is -0.308. The van der Waals surface area contributed by atoms with Crippen molar-refractivity contribution < 1.29 is 9.59 Å². The molecule has 0 saturated heterocycles. The van der Waals surface area contributed by atoms with Crippen LogP contribution in [-0.2, 0) is 11.8 Å². The van der Waals surface area contributed by atoms with Crippen molar-refractivity contribution in [3.8, 4) is 0 Å². The van der Waals surface area contributed by atoms with Gasteiger partial charge in [-0.15, -0.1) is 10.2 Å². The van der Waals surface area contributed by atoms with Crippen LogP contribution in [0.15, 0.2) is 59.8 Å². The van der Waals surface area contributed by atoms with E-state index in [9.17, 15) is 9.59 Å². The van der Waals surface area contributed by atoms with Gasteiger partial charge in [0.15, 0.2) is 11.0 Å². The Morgan fingerprint density at radius 1 is 0.970 bits per heavy atom. The van der Waals surface area contributed by atoms with Crippen LogP contribution in [0, 0.1) is 12.8 Å². The van der Waals surface area contributed by atoms with Gasteiger partial charge in [-0.25, -0.2) is 0 Å². The van der Waals surface area contributed by atoms with E-state index in [1.165, 1.54) is 11.8 Å². The maximum absolute atomic E-state index is 12.8. The highest BCUT2D eigenvalue weighted by molar-refractivity contribution is 7.99. The van der Waals surface area contributed by atoms with Gasteiger partial charge in [-0.3, -0.25) is 9.59 Å². The fraction of sp³-hybridized carbons (Fsp3) is 0.360. The predicted octanol–water partition coefficient (Wildman–Crippen LogP) is 4.22. The lowest BCUT2D eigenvalue weighted by molar-refractivity contribution is -0.119. The Labute approximate surface area is 199 Å². The molecule has 2 amide bonds. The topological polar surface area (TPSA) is 88.9 Å². The number of amides is 2. The van der Waals surface area contributed by atoms with Crippen LogP contribution < -0.4 is 10.6 Å². The van der Waals surface area contributed by atoms with Crippen LogP contribution in [0.2, 0.25) is 0 Å². The molecule has 2 atom stereocenters. The monoisotopic (exact) mass is 465 g/mol. The fourth-order valence-corrected chi connectivity index (χ4v) is 4.15. The molecule has 0 bridgehead atoms. The molecule has 2 aromatic carbocycles. The summed E-state index contributed by atoms with van der Waals surface area (Å²) in [6.45, 7) is 8.00. The first kappa shape index (κ1) is 24.5. The Morgan fingerprint density at radius 2 is 1.64 bits per heavy atom. The van der Waals surface area contributed by atoms with Crippen molar-refractivity contribution in [1.29, 1.82) is 0 Å². The summed E-state index contributed by atoms with van der Waals surface area (Å²) in [4.78, 5) is 25.2. The molecule has 0 aliphatic carbocycles. The molecule has 3 aromatic rings. The van der Waals surface area contributed by atoms with Crippen LogP contribution in [0.5, 0.6) is 0 Å². The second-order valence-corrected chi connectivity index (χ2v) is 9.39. The number of aromatic nitrogens is 3. The number of nitrogens with one attached hydrogen (secondary N) is 2. The van der Waals surface area contributed by atoms with Crippen molar-refractivity contribution in [2.45, 2.75) is 44.9 Å². The summed E-state index contributed by atoms with van der Waals surface area (Å²) in [5.74, 6) is 0.765. The maximum atomic E-state index is 12.8. The fourth-order valence-electron chi connectivity index (χ4n) is 3.42. The quantitative estimate of drug-likeness (QED) is 0.462. The van der Waals surface area contributed by atoms with Crippen LogP contribution in [0.1, 0.15) is 60.2 Å². The second-order valence-electron chi connectivity index (χ2n) is 8.45. The first-order valence-corrected chi connectivity index (χ1v) is 12.0. The molecular formula is C25H31N5O2S. The molecule has 33 heavy (non-hydrogen) atoms. The summed E-state index contributed by atoms with van der Waals surface area (Å²) in [6, 6.07) is 16.9. The Morgan fingerprint density at radius 3 is 2.27 bits per heavy atom. The van der Waals surface area contributed by atoms with Crippen LogP contribution in [0.25, 0.3) is 0 Å². The summed E-state index contributed by atoms with van der Waals surface area (Å²) in [5.41, 5.74) is 2.76. The number of nitrogens with zero attached hydrogens (tertiary/aromatic N) is 3. The molecule has 0 fully saturated rings. The molecule has 3 rings (SSSR count). The summed E-state index contributed by atoms with van der Waals surface area (Å²) in [5, 5.41) is 15.3. The molecule has 7 nitrogen and oxygen atoms in total. The average molecular weight is 466 g/mol. The van der Waals surface area contributed by atoms with Crippen LogP contribution in [0.4, 0.5) is 0 Å². The maximum Gasteiger partial charge on any atom is 0.251 e. The van der Waals surface area contributed by atoms with Crippen LogP contribution >= 0.6 is 11.8 Å². The average Bonchev–Trinajstić information content (AvgIpc) is 3.16. The molecule has 0 spiro atoms. The van der Waals surface area contributed by atoms with E-state index in [4.69, 9.17) is 0 Å². The summed E-state index contributed by atoms with van der Waals surface area (Å²) in [7, 11) is 1.86. The van der Waals surface area contributed by atoms with E-state index in [-0.39, 0.29) is 35.6 Å². The van der Waals surface area contributed by atoms with Crippen LogP contribution in [-0.4, -0.2) is 32.3 Å². The Bertz CT molecular complexity index is 1080. The number of carbonyl (C=O) groups excluding carboxylic acids is 2. The van der Waals surface area contributed by atoms with Gasteiger partial charge in [0.25, 0.3) is 5.91 Å². The van der Waals surface area contributed by atoms with Gasteiger partial charge in [-0.1, -0.05) is 73.6 Å². The highest BCUT2D eigenvalue weighted by atomic mass is 32.2. The molecule has 0 saturated carbocycles. The van der Waals surface area contributed by atoms with Crippen LogP contribution in [0.3, 0.4) is 0 Å². The first-order valence-electron chi connectivity index (χ1n) is 11.0. The summed E-state index contributed by atoms with van der Waals surface area (Å²) < 4.78 is 1.85. The third-order valence-corrected chi connectivity index (χ3v) is 6.44. The number of carbonyl (C=O) groups is 2. The van der Waals surface area contributed by atoms with Gasteiger partial charge in [0.05, 0.1) is 17.8 Å². The molecular weight excluding hydrogens is 434 g/mol. The van der Waals surface area contributed by atoms with Crippen molar-refractivity contribution in [3.05, 3.63) is 77.1 Å². The van der Waals surface area contributed by atoms with Gasteiger partial charge < -0.3 is 15.2 Å². The van der Waals surface area contributed by atoms with Gasteiger partial charge in [-0.2, -0.15) is 0 Å². The molecule has 0 unspecified atom stereocenters. The Hall–Kier alpha value is -3.13. The van der Waals surface area contributed by atoms with Crippen molar-refractivity contribution in [1.82, 2.24) is 25.4 Å². The number of thioether (sulfide) groups is 1. The highest BCUT2D eigenvalue weighted by Gasteiger charge is 2.25. The first-order chi connectivity index (χ1) is 15.8. The zero-order valence-electron chi connectivity index (χ0n) is 19.7. The second kappa shape index (κ2) is 11.1. The van der Waals surface area contributed by atoms with Gasteiger partial charge in [-0.05, 0) is 37.5 Å². The van der Waals surface area contributed by atoms with E-state index in [1.807, 2.05) is 93.9 Å². The highest BCUT2D eigenvalue weighted by Crippen LogP contribution is 2.24. The van der Waals surface area contributed by atoms with E-state index in [2.05, 4.69) is 20.8 Å². The lowest BCUT2D eigenvalue weighted by atomic mass is 10.0. The minimum absolute atomic E-state index is 0.0725. The number of benzene rings is 2. The Balaban J connectivity index is 1.63. The molecule has 0 aliphatic heterocycles. The van der Waals surface area contributed by atoms with Gasteiger partial charge in [0.1, 0.15) is 0 Å². The van der Waals surface area contributed by atoms with E-state index >= 15 is 0 Å².